The number of benzene rings is 1. The van der Waals surface area contributed by atoms with Gasteiger partial charge >= 0.3 is 0 Å². The predicted octanol–water partition coefficient (Wildman–Crippen LogP) is 3.31. The van der Waals surface area contributed by atoms with E-state index in [0.29, 0.717) is 6.54 Å². The minimum absolute atomic E-state index is 0.0612. The summed E-state index contributed by atoms with van der Waals surface area (Å²) >= 11 is 0. The van der Waals surface area contributed by atoms with Crippen LogP contribution in [0.5, 0.6) is 0 Å². The van der Waals surface area contributed by atoms with Gasteiger partial charge in [0.25, 0.3) is 0 Å². The van der Waals surface area contributed by atoms with Gasteiger partial charge in [0.1, 0.15) is 17.7 Å². The van der Waals surface area contributed by atoms with Crippen molar-refractivity contribution in [2.75, 3.05) is 5.32 Å². The third-order valence-electron chi connectivity index (χ3n) is 4.57. The molecule has 1 aliphatic heterocycles. The third-order valence-corrected chi connectivity index (χ3v) is 4.57. The van der Waals surface area contributed by atoms with E-state index in [4.69, 9.17) is 9.26 Å². The highest BCUT2D eigenvalue weighted by molar-refractivity contribution is 5.35. The van der Waals surface area contributed by atoms with Gasteiger partial charge in [-0.05, 0) is 32.3 Å². The van der Waals surface area contributed by atoms with Gasteiger partial charge in [0, 0.05) is 17.8 Å². The van der Waals surface area contributed by atoms with Crippen molar-refractivity contribution < 1.29 is 9.26 Å². The van der Waals surface area contributed by atoms with Crippen molar-refractivity contribution in [2.24, 2.45) is 0 Å². The second-order valence-electron chi connectivity index (χ2n) is 6.47. The van der Waals surface area contributed by atoms with Gasteiger partial charge in [0.2, 0.25) is 0 Å². The predicted molar refractivity (Wildman–Crippen MR) is 94.4 cm³/mol. The van der Waals surface area contributed by atoms with E-state index in [1.54, 1.807) is 0 Å². The molecule has 1 saturated heterocycles. The normalized spacial score (nSPS) is 19.1. The summed E-state index contributed by atoms with van der Waals surface area (Å²) in [5, 5.41) is 11.9. The van der Waals surface area contributed by atoms with Crippen molar-refractivity contribution >= 4 is 5.82 Å². The van der Waals surface area contributed by atoms with Crippen LogP contribution in [-0.4, -0.2) is 27.3 Å². The number of hydrogen-bond donors (Lipinski definition) is 1. The fourth-order valence-corrected chi connectivity index (χ4v) is 3.01. The smallest absolute Gasteiger partial charge is 0.156 e. The summed E-state index contributed by atoms with van der Waals surface area (Å²) in [5.41, 5.74) is 3.34. The molecule has 4 rings (SSSR count). The average Bonchev–Trinajstić information content (AvgIpc) is 3.08. The monoisotopic (exact) mass is 338 g/mol. The Bertz CT molecular complexity index is 821. The molecule has 3 heterocycles. The zero-order chi connectivity index (χ0) is 17.2. The van der Waals surface area contributed by atoms with Crippen LogP contribution >= 0.6 is 0 Å². The molecule has 0 radical (unpaired) electrons. The van der Waals surface area contributed by atoms with Crippen LogP contribution in [0, 0.1) is 13.8 Å². The fourth-order valence-electron chi connectivity index (χ4n) is 3.01. The fraction of sp³-hybridized carbons (Fsp3) is 0.368. The van der Waals surface area contributed by atoms with E-state index in [2.05, 4.69) is 39.8 Å². The number of aryl methyl sites for hydroxylation is 3. The van der Waals surface area contributed by atoms with Gasteiger partial charge in [0.05, 0.1) is 12.2 Å². The lowest BCUT2D eigenvalue weighted by atomic mass is 10.1. The standard InChI is InChI=1S/C19H22N4O2/c1-13-16(14(2)25-22-13)12-23-11-10-18(21-23)20-19-17(24-19)9-8-15-6-4-3-5-7-15/h3-7,10-11,17,19H,8-9,12H2,1-2H3,(H,20,21)/t17?,19-/m0/s1. The number of epoxide rings is 1. The molecular formula is C19H22N4O2. The van der Waals surface area contributed by atoms with Gasteiger partial charge in [0.15, 0.2) is 6.23 Å². The molecule has 3 aromatic rings. The molecule has 1 N–H and O–H groups in total. The number of ether oxygens (including phenoxy) is 1. The van der Waals surface area contributed by atoms with Crippen LogP contribution in [0.4, 0.5) is 5.82 Å². The Morgan fingerprint density at radius 1 is 1.16 bits per heavy atom. The Morgan fingerprint density at radius 3 is 2.76 bits per heavy atom. The van der Waals surface area contributed by atoms with Crippen molar-refractivity contribution in [3.63, 3.8) is 0 Å². The molecule has 25 heavy (non-hydrogen) atoms. The summed E-state index contributed by atoms with van der Waals surface area (Å²) in [6.07, 6.45) is 4.32. The molecule has 2 atom stereocenters. The molecule has 1 fully saturated rings. The Labute approximate surface area is 146 Å². The number of rotatable bonds is 7. The number of aromatic nitrogens is 3. The van der Waals surface area contributed by atoms with Crippen LogP contribution in [0.2, 0.25) is 0 Å². The minimum Gasteiger partial charge on any atom is -0.361 e. The van der Waals surface area contributed by atoms with Gasteiger partial charge < -0.3 is 14.6 Å². The van der Waals surface area contributed by atoms with Crippen LogP contribution in [0.15, 0.2) is 47.1 Å². The van der Waals surface area contributed by atoms with Crippen molar-refractivity contribution in [1.29, 1.82) is 0 Å². The minimum atomic E-state index is 0.0612. The molecule has 130 valence electrons. The first-order valence-electron chi connectivity index (χ1n) is 8.60. The lowest BCUT2D eigenvalue weighted by Gasteiger charge is -2.01. The van der Waals surface area contributed by atoms with Crippen molar-refractivity contribution in [3.05, 3.63) is 65.2 Å². The maximum absolute atomic E-state index is 5.71. The second kappa shape index (κ2) is 6.72. The highest BCUT2D eigenvalue weighted by atomic mass is 16.6. The Balaban J connectivity index is 1.28. The Kier molecular flexibility index (Phi) is 4.28. The number of nitrogens with one attached hydrogen (secondary N) is 1. The van der Waals surface area contributed by atoms with Gasteiger partial charge in [-0.15, -0.1) is 0 Å². The molecule has 0 spiro atoms. The molecule has 6 heteroatoms. The average molecular weight is 338 g/mol. The van der Waals surface area contributed by atoms with Crippen LogP contribution < -0.4 is 5.32 Å². The van der Waals surface area contributed by atoms with E-state index in [-0.39, 0.29) is 12.3 Å². The topological polar surface area (TPSA) is 68.4 Å². The summed E-state index contributed by atoms with van der Waals surface area (Å²) in [5.74, 6) is 1.67. The first kappa shape index (κ1) is 15.9. The highest BCUT2D eigenvalue weighted by Gasteiger charge is 2.38. The first-order valence-corrected chi connectivity index (χ1v) is 8.60. The number of hydrogen-bond acceptors (Lipinski definition) is 5. The van der Waals surface area contributed by atoms with Gasteiger partial charge in [-0.2, -0.15) is 5.10 Å². The summed E-state index contributed by atoms with van der Waals surface area (Å²) in [6.45, 7) is 4.53. The zero-order valence-electron chi connectivity index (χ0n) is 14.5. The molecule has 0 bridgehead atoms. The number of anilines is 1. The maximum atomic E-state index is 5.71. The lowest BCUT2D eigenvalue weighted by molar-refractivity contribution is 0.373. The van der Waals surface area contributed by atoms with Crippen molar-refractivity contribution in [3.8, 4) is 0 Å². The number of nitrogens with zero attached hydrogens (tertiary/aromatic N) is 3. The first-order chi connectivity index (χ1) is 12.2. The Morgan fingerprint density at radius 2 is 2.00 bits per heavy atom. The molecule has 1 aliphatic rings. The maximum Gasteiger partial charge on any atom is 0.156 e. The SMILES string of the molecule is Cc1noc(C)c1Cn1ccc(N[C@H]2OC2CCc2ccccc2)n1. The van der Waals surface area contributed by atoms with E-state index in [0.717, 1.165) is 35.7 Å². The molecular weight excluding hydrogens is 316 g/mol. The largest absolute Gasteiger partial charge is 0.361 e. The molecule has 6 nitrogen and oxygen atoms in total. The molecule has 0 saturated carbocycles. The van der Waals surface area contributed by atoms with Crippen molar-refractivity contribution in [2.45, 2.75) is 45.6 Å². The van der Waals surface area contributed by atoms with E-state index in [1.165, 1.54) is 5.56 Å². The van der Waals surface area contributed by atoms with Crippen molar-refractivity contribution in [1.82, 2.24) is 14.9 Å². The molecule has 1 unspecified atom stereocenters. The van der Waals surface area contributed by atoms with E-state index in [1.807, 2.05) is 36.9 Å². The lowest BCUT2D eigenvalue weighted by Crippen LogP contribution is -2.09. The second-order valence-corrected chi connectivity index (χ2v) is 6.47. The van der Waals surface area contributed by atoms with Crippen LogP contribution in [0.3, 0.4) is 0 Å². The van der Waals surface area contributed by atoms with Crippen LogP contribution in [-0.2, 0) is 17.7 Å². The Hall–Kier alpha value is -2.60. The zero-order valence-corrected chi connectivity index (χ0v) is 14.5. The van der Waals surface area contributed by atoms with E-state index >= 15 is 0 Å². The van der Waals surface area contributed by atoms with Gasteiger partial charge in [-0.3, -0.25) is 4.68 Å². The summed E-state index contributed by atoms with van der Waals surface area (Å²) in [7, 11) is 0. The van der Waals surface area contributed by atoms with Gasteiger partial charge in [-0.1, -0.05) is 35.5 Å². The third kappa shape index (κ3) is 3.74. The van der Waals surface area contributed by atoms with E-state index in [9.17, 15) is 0 Å². The summed E-state index contributed by atoms with van der Waals surface area (Å²) in [6, 6.07) is 12.5. The van der Waals surface area contributed by atoms with Crippen LogP contribution in [0.1, 0.15) is 29.0 Å². The molecule has 0 aliphatic carbocycles. The van der Waals surface area contributed by atoms with Gasteiger partial charge in [-0.25, -0.2) is 0 Å². The van der Waals surface area contributed by atoms with E-state index < -0.39 is 0 Å². The molecule has 1 aromatic carbocycles. The molecule has 0 amide bonds. The quantitative estimate of drug-likeness (QED) is 0.669. The summed E-state index contributed by atoms with van der Waals surface area (Å²) in [4.78, 5) is 0. The molecule has 2 aromatic heterocycles. The van der Waals surface area contributed by atoms with Crippen LogP contribution in [0.25, 0.3) is 0 Å². The highest BCUT2D eigenvalue weighted by Crippen LogP contribution is 2.27. The summed E-state index contributed by atoms with van der Waals surface area (Å²) < 4.78 is 12.8.